The maximum atomic E-state index is 5.72. The highest BCUT2D eigenvalue weighted by Gasteiger charge is 2.22. The molecular weight excluding hydrogens is 202 g/mol. The van der Waals surface area contributed by atoms with E-state index in [1.807, 2.05) is 13.2 Å². The third-order valence-electron chi connectivity index (χ3n) is 3.30. The van der Waals surface area contributed by atoms with Crippen molar-refractivity contribution in [3.05, 3.63) is 17.8 Å². The lowest BCUT2D eigenvalue weighted by molar-refractivity contribution is 0.289. The summed E-state index contributed by atoms with van der Waals surface area (Å²) in [6.45, 7) is 2.15. The van der Waals surface area contributed by atoms with Crippen LogP contribution in [0, 0.1) is 0 Å². The first-order chi connectivity index (χ1) is 7.79. The molecule has 1 aromatic heterocycles. The van der Waals surface area contributed by atoms with Gasteiger partial charge in [-0.2, -0.15) is 0 Å². The minimum absolute atomic E-state index is 0.621. The molecule has 1 N–H and O–H groups in total. The number of hydrogen-bond donors (Lipinski definition) is 1. The lowest BCUT2D eigenvalue weighted by Gasteiger charge is -2.17. The number of nitrogens with zero attached hydrogens (tertiary/aromatic N) is 2. The van der Waals surface area contributed by atoms with E-state index in [0.29, 0.717) is 6.04 Å². The SMILES string of the molecule is CNCCc1cnc(CC2CCCN2C)o1. The molecule has 0 saturated carbocycles. The molecular formula is C12H21N3O. The Morgan fingerprint density at radius 2 is 2.50 bits per heavy atom. The van der Waals surface area contributed by atoms with Gasteiger partial charge in [0.05, 0.1) is 6.20 Å². The molecule has 1 aliphatic heterocycles. The maximum Gasteiger partial charge on any atom is 0.195 e. The Labute approximate surface area is 97.0 Å². The van der Waals surface area contributed by atoms with Crippen molar-refractivity contribution >= 4 is 0 Å². The molecule has 0 aliphatic carbocycles. The number of rotatable bonds is 5. The summed E-state index contributed by atoms with van der Waals surface area (Å²) in [7, 11) is 4.13. The summed E-state index contributed by atoms with van der Waals surface area (Å²) in [6.07, 6.45) is 6.31. The van der Waals surface area contributed by atoms with Crippen LogP contribution in [0.5, 0.6) is 0 Å². The second kappa shape index (κ2) is 5.46. The molecule has 0 spiro atoms. The molecule has 1 fully saturated rings. The minimum atomic E-state index is 0.621. The van der Waals surface area contributed by atoms with Crippen molar-refractivity contribution in [1.82, 2.24) is 15.2 Å². The molecule has 0 bridgehead atoms. The summed E-state index contributed by atoms with van der Waals surface area (Å²) in [5, 5.41) is 3.11. The van der Waals surface area contributed by atoms with Gasteiger partial charge in [-0.15, -0.1) is 0 Å². The molecule has 1 unspecified atom stereocenters. The van der Waals surface area contributed by atoms with Crippen LogP contribution in [-0.2, 0) is 12.8 Å². The van der Waals surface area contributed by atoms with Gasteiger partial charge in [-0.1, -0.05) is 0 Å². The van der Waals surface area contributed by atoms with Crippen LogP contribution in [0.4, 0.5) is 0 Å². The Kier molecular flexibility index (Phi) is 3.96. The average Bonchev–Trinajstić information content (AvgIpc) is 2.87. The van der Waals surface area contributed by atoms with Crippen molar-refractivity contribution in [2.45, 2.75) is 31.7 Å². The van der Waals surface area contributed by atoms with Crippen LogP contribution >= 0.6 is 0 Å². The molecule has 1 aliphatic rings. The fraction of sp³-hybridized carbons (Fsp3) is 0.750. The zero-order chi connectivity index (χ0) is 11.4. The van der Waals surface area contributed by atoms with E-state index < -0.39 is 0 Å². The molecule has 16 heavy (non-hydrogen) atoms. The highest BCUT2D eigenvalue weighted by atomic mass is 16.4. The third-order valence-corrected chi connectivity index (χ3v) is 3.30. The Morgan fingerprint density at radius 3 is 3.19 bits per heavy atom. The summed E-state index contributed by atoms with van der Waals surface area (Å²) >= 11 is 0. The van der Waals surface area contributed by atoms with E-state index >= 15 is 0 Å². The van der Waals surface area contributed by atoms with Gasteiger partial charge in [-0.05, 0) is 33.5 Å². The molecule has 0 amide bonds. The van der Waals surface area contributed by atoms with E-state index in [9.17, 15) is 0 Å². The summed E-state index contributed by atoms with van der Waals surface area (Å²) in [4.78, 5) is 6.75. The first-order valence-electron chi connectivity index (χ1n) is 6.08. The van der Waals surface area contributed by atoms with Crippen molar-refractivity contribution in [3.8, 4) is 0 Å². The first kappa shape index (κ1) is 11.6. The number of nitrogens with one attached hydrogen (secondary N) is 1. The van der Waals surface area contributed by atoms with Crippen molar-refractivity contribution in [1.29, 1.82) is 0 Å². The van der Waals surface area contributed by atoms with E-state index in [-0.39, 0.29) is 0 Å². The predicted molar refractivity (Wildman–Crippen MR) is 63.5 cm³/mol. The second-order valence-electron chi connectivity index (χ2n) is 4.55. The largest absolute Gasteiger partial charge is 0.446 e. The van der Waals surface area contributed by atoms with E-state index in [1.165, 1.54) is 19.4 Å². The van der Waals surface area contributed by atoms with Crippen molar-refractivity contribution in [2.75, 3.05) is 27.2 Å². The fourth-order valence-corrected chi connectivity index (χ4v) is 2.24. The number of hydrogen-bond acceptors (Lipinski definition) is 4. The Morgan fingerprint density at radius 1 is 1.62 bits per heavy atom. The van der Waals surface area contributed by atoms with Crippen molar-refractivity contribution in [2.24, 2.45) is 0 Å². The van der Waals surface area contributed by atoms with E-state index in [2.05, 4.69) is 22.2 Å². The van der Waals surface area contributed by atoms with Crippen LogP contribution in [0.1, 0.15) is 24.5 Å². The van der Waals surface area contributed by atoms with Crippen LogP contribution in [0.2, 0.25) is 0 Å². The molecule has 0 radical (unpaired) electrons. The van der Waals surface area contributed by atoms with Gasteiger partial charge in [-0.3, -0.25) is 0 Å². The van der Waals surface area contributed by atoms with Crippen molar-refractivity contribution in [3.63, 3.8) is 0 Å². The normalized spacial score (nSPS) is 21.8. The van der Waals surface area contributed by atoms with Gasteiger partial charge < -0.3 is 14.6 Å². The molecule has 1 aromatic rings. The summed E-state index contributed by atoms with van der Waals surface area (Å²) in [5.74, 6) is 1.88. The smallest absolute Gasteiger partial charge is 0.195 e. The van der Waals surface area contributed by atoms with Crippen LogP contribution in [0.25, 0.3) is 0 Å². The molecule has 2 rings (SSSR count). The standard InChI is InChI=1S/C12H21N3O/c1-13-6-5-11-9-14-12(16-11)8-10-4-3-7-15(10)2/h9-10,13H,3-8H2,1-2H3. The van der Waals surface area contributed by atoms with E-state index in [1.54, 1.807) is 0 Å². The summed E-state index contributed by atoms with van der Waals surface area (Å²) < 4.78 is 5.72. The molecule has 0 aromatic carbocycles. The Hall–Kier alpha value is -0.870. The zero-order valence-corrected chi connectivity index (χ0v) is 10.2. The number of oxazole rings is 1. The molecule has 1 saturated heterocycles. The van der Waals surface area contributed by atoms with Gasteiger partial charge in [0.2, 0.25) is 0 Å². The fourth-order valence-electron chi connectivity index (χ4n) is 2.24. The lowest BCUT2D eigenvalue weighted by Crippen LogP contribution is -2.26. The van der Waals surface area contributed by atoms with E-state index in [4.69, 9.17) is 4.42 Å². The second-order valence-corrected chi connectivity index (χ2v) is 4.55. The molecule has 4 heteroatoms. The molecule has 90 valence electrons. The van der Waals surface area contributed by atoms with Crippen LogP contribution in [0.15, 0.2) is 10.6 Å². The topological polar surface area (TPSA) is 41.3 Å². The third kappa shape index (κ3) is 2.83. The zero-order valence-electron chi connectivity index (χ0n) is 10.2. The van der Waals surface area contributed by atoms with Gasteiger partial charge >= 0.3 is 0 Å². The number of aromatic nitrogens is 1. The van der Waals surface area contributed by atoms with Gasteiger partial charge in [0.25, 0.3) is 0 Å². The molecule has 4 nitrogen and oxygen atoms in total. The van der Waals surface area contributed by atoms with Crippen molar-refractivity contribution < 1.29 is 4.42 Å². The Bertz CT molecular complexity index is 324. The highest BCUT2D eigenvalue weighted by molar-refractivity contribution is 4.97. The van der Waals surface area contributed by atoms with Crippen LogP contribution < -0.4 is 5.32 Å². The van der Waals surface area contributed by atoms with Crippen LogP contribution in [0.3, 0.4) is 0 Å². The number of likely N-dealkylation sites (N-methyl/N-ethyl adjacent to an activating group) is 2. The Balaban J connectivity index is 1.87. The molecule has 1 atom stereocenters. The minimum Gasteiger partial charge on any atom is -0.446 e. The summed E-state index contributed by atoms with van der Waals surface area (Å²) in [6, 6.07) is 0.621. The van der Waals surface area contributed by atoms with Crippen LogP contribution in [-0.4, -0.2) is 43.1 Å². The van der Waals surface area contributed by atoms with E-state index in [0.717, 1.165) is 31.0 Å². The van der Waals surface area contributed by atoms with Gasteiger partial charge in [0, 0.05) is 25.4 Å². The predicted octanol–water partition coefficient (Wildman–Crippen LogP) is 1.07. The van der Waals surface area contributed by atoms with Gasteiger partial charge in [0.1, 0.15) is 5.76 Å². The summed E-state index contributed by atoms with van der Waals surface area (Å²) in [5.41, 5.74) is 0. The monoisotopic (exact) mass is 223 g/mol. The highest BCUT2D eigenvalue weighted by Crippen LogP contribution is 2.19. The van der Waals surface area contributed by atoms with Gasteiger partial charge in [0.15, 0.2) is 5.89 Å². The lowest BCUT2D eigenvalue weighted by atomic mass is 10.1. The maximum absolute atomic E-state index is 5.72. The quantitative estimate of drug-likeness (QED) is 0.811. The number of likely N-dealkylation sites (tertiary alicyclic amines) is 1. The first-order valence-corrected chi connectivity index (χ1v) is 6.08. The van der Waals surface area contributed by atoms with Gasteiger partial charge in [-0.25, -0.2) is 4.98 Å². The average molecular weight is 223 g/mol. The molecule has 2 heterocycles.